The van der Waals surface area contributed by atoms with E-state index in [-0.39, 0.29) is 46.7 Å². The molecule has 6 saturated carbocycles. The van der Waals surface area contributed by atoms with Gasteiger partial charge in [0.1, 0.15) is 12.5 Å². The van der Waals surface area contributed by atoms with Crippen LogP contribution in [0.15, 0.2) is 0 Å². The van der Waals surface area contributed by atoms with E-state index in [4.69, 9.17) is 9.47 Å². The molecule has 4 heterocycles. The fourth-order valence-corrected chi connectivity index (χ4v) is 14.2. The standard InChI is InChI=1S/C30H36N2O6/c1-29-23-11-3-5-14-20(11)26-21(23)22-24(30(26,2)28(38-14)32-17(35)9-10-18(32)36)12-4-6-13(19(12)25(22)29)37-27(29)31-15(33)7-8-16(31)34/h11-14,19-28H,3-10H2,1-2H3/t11-,12-,13+,14+,19-,20-,21-,22+,23-,24-,25+,26-,27+,28+,29+,30+/m1/s1. The van der Waals surface area contributed by atoms with E-state index in [1.165, 1.54) is 0 Å². The highest BCUT2D eigenvalue weighted by Crippen LogP contribution is 2.88. The molecule has 10 fully saturated rings. The highest BCUT2D eigenvalue weighted by atomic mass is 16.5. The van der Waals surface area contributed by atoms with Gasteiger partial charge in [-0.05, 0) is 84.9 Å². The summed E-state index contributed by atoms with van der Waals surface area (Å²) in [5.74, 6) is 4.27. The minimum atomic E-state index is -0.451. The number of hydrogen-bond acceptors (Lipinski definition) is 6. The predicted octanol–water partition coefficient (Wildman–Crippen LogP) is 2.55. The third kappa shape index (κ3) is 1.97. The van der Waals surface area contributed by atoms with Crippen LogP contribution in [0.1, 0.15) is 65.2 Å². The summed E-state index contributed by atoms with van der Waals surface area (Å²) in [5.41, 5.74) is -0.479. The summed E-state index contributed by atoms with van der Waals surface area (Å²) in [5, 5.41) is 0. The molecule has 0 spiro atoms. The fraction of sp³-hybridized carbons (Fsp3) is 0.867. The lowest BCUT2D eigenvalue weighted by Crippen LogP contribution is -2.62. The molecule has 4 saturated heterocycles. The number of fused-ring (bicyclic) bond motifs is 4. The highest BCUT2D eigenvalue weighted by molar-refractivity contribution is 6.02. The summed E-state index contributed by atoms with van der Waals surface area (Å²) < 4.78 is 14.0. The van der Waals surface area contributed by atoms with Gasteiger partial charge in [0, 0.05) is 36.5 Å². The van der Waals surface area contributed by atoms with Crippen LogP contribution >= 0.6 is 0 Å². The van der Waals surface area contributed by atoms with Gasteiger partial charge in [-0.15, -0.1) is 0 Å². The van der Waals surface area contributed by atoms with Crippen LogP contribution in [0.25, 0.3) is 0 Å². The first-order valence-corrected chi connectivity index (χ1v) is 15.3. The summed E-state index contributed by atoms with van der Waals surface area (Å²) in [4.78, 5) is 55.7. The zero-order valence-electron chi connectivity index (χ0n) is 22.1. The number of hydrogen-bond donors (Lipinski definition) is 0. The van der Waals surface area contributed by atoms with Crippen LogP contribution in [-0.4, -0.2) is 58.1 Å². The Labute approximate surface area is 222 Å². The van der Waals surface area contributed by atoms with Crippen molar-refractivity contribution < 1.29 is 28.7 Å². The van der Waals surface area contributed by atoms with Crippen molar-refractivity contribution in [3.63, 3.8) is 0 Å². The number of carbonyl (C=O) groups is 4. The second-order valence-corrected chi connectivity index (χ2v) is 15.0. The number of amides is 4. The summed E-state index contributed by atoms with van der Waals surface area (Å²) in [6, 6.07) is 0. The number of likely N-dealkylation sites (tertiary alicyclic amines) is 2. The maximum Gasteiger partial charge on any atom is 0.231 e. The average molecular weight is 521 g/mol. The molecule has 0 bridgehead atoms. The minimum Gasteiger partial charge on any atom is -0.354 e. The van der Waals surface area contributed by atoms with Crippen LogP contribution in [0.2, 0.25) is 0 Å². The molecule has 10 rings (SSSR count). The quantitative estimate of drug-likeness (QED) is 0.520. The first kappa shape index (κ1) is 22.0. The van der Waals surface area contributed by atoms with E-state index in [0.29, 0.717) is 84.9 Å². The van der Waals surface area contributed by atoms with Gasteiger partial charge in [-0.3, -0.25) is 29.0 Å². The Morgan fingerprint density at radius 2 is 0.921 bits per heavy atom. The van der Waals surface area contributed by atoms with Gasteiger partial charge < -0.3 is 9.47 Å². The summed E-state index contributed by atoms with van der Waals surface area (Å²) >= 11 is 0. The lowest BCUT2D eigenvalue weighted by molar-refractivity contribution is -0.241. The molecular weight excluding hydrogens is 484 g/mol. The molecule has 0 radical (unpaired) electrons. The van der Waals surface area contributed by atoms with Crippen molar-refractivity contribution in [3.05, 3.63) is 0 Å². The average Bonchev–Trinajstić information content (AvgIpc) is 3.70. The van der Waals surface area contributed by atoms with Crippen molar-refractivity contribution in [2.24, 2.45) is 70.0 Å². The zero-order valence-corrected chi connectivity index (χ0v) is 22.1. The van der Waals surface area contributed by atoms with Gasteiger partial charge in [0.15, 0.2) is 0 Å². The van der Waals surface area contributed by atoms with E-state index in [9.17, 15) is 19.2 Å². The van der Waals surface area contributed by atoms with Gasteiger partial charge >= 0.3 is 0 Å². The molecular formula is C30H36N2O6. The third-order valence-corrected chi connectivity index (χ3v) is 14.5. The second kappa shape index (κ2) is 6.40. The molecule has 0 N–H and O–H groups in total. The Bertz CT molecular complexity index is 1120. The number of nitrogens with zero attached hydrogens (tertiary/aromatic N) is 2. The van der Waals surface area contributed by atoms with Crippen molar-refractivity contribution in [2.75, 3.05) is 0 Å². The molecule has 38 heavy (non-hydrogen) atoms. The smallest absolute Gasteiger partial charge is 0.231 e. The molecule has 6 aliphatic carbocycles. The normalized spacial score (nSPS) is 62.3. The fourth-order valence-electron chi connectivity index (χ4n) is 14.2. The van der Waals surface area contributed by atoms with E-state index >= 15 is 0 Å². The van der Waals surface area contributed by atoms with Crippen LogP contribution in [0, 0.1) is 70.0 Å². The maximum absolute atomic E-state index is 13.1. The monoisotopic (exact) mass is 520 g/mol. The van der Waals surface area contributed by atoms with E-state index in [1.54, 1.807) is 9.80 Å². The van der Waals surface area contributed by atoms with Crippen LogP contribution in [0.5, 0.6) is 0 Å². The lowest BCUT2D eigenvalue weighted by Gasteiger charge is -2.55. The van der Waals surface area contributed by atoms with Crippen LogP contribution < -0.4 is 0 Å². The molecule has 10 aliphatic rings. The lowest BCUT2D eigenvalue weighted by atomic mass is 9.60. The molecule has 16 atom stereocenters. The van der Waals surface area contributed by atoms with Gasteiger partial charge in [0.2, 0.25) is 23.6 Å². The third-order valence-electron chi connectivity index (χ3n) is 14.5. The molecule has 4 aliphatic heterocycles. The van der Waals surface area contributed by atoms with Crippen molar-refractivity contribution in [1.29, 1.82) is 0 Å². The van der Waals surface area contributed by atoms with Crippen molar-refractivity contribution in [3.8, 4) is 0 Å². The number of rotatable bonds is 2. The first-order chi connectivity index (χ1) is 18.3. The minimum absolute atomic E-state index is 0.0557. The Hall–Kier alpha value is -1.80. The molecule has 202 valence electrons. The zero-order chi connectivity index (χ0) is 25.6. The Kier molecular flexibility index (Phi) is 3.70. The van der Waals surface area contributed by atoms with Gasteiger partial charge in [-0.25, -0.2) is 0 Å². The molecule has 0 aromatic heterocycles. The van der Waals surface area contributed by atoms with Gasteiger partial charge in [-0.1, -0.05) is 13.8 Å². The van der Waals surface area contributed by atoms with Crippen LogP contribution in [0.3, 0.4) is 0 Å². The van der Waals surface area contributed by atoms with Gasteiger partial charge in [0.05, 0.1) is 12.2 Å². The topological polar surface area (TPSA) is 93.2 Å². The van der Waals surface area contributed by atoms with Crippen molar-refractivity contribution in [1.82, 2.24) is 9.80 Å². The second-order valence-electron chi connectivity index (χ2n) is 15.0. The molecule has 0 aromatic carbocycles. The molecule has 0 aromatic rings. The van der Waals surface area contributed by atoms with Crippen LogP contribution in [0.4, 0.5) is 0 Å². The molecule has 8 nitrogen and oxygen atoms in total. The maximum atomic E-state index is 13.1. The summed E-state index contributed by atoms with van der Waals surface area (Å²) in [6.45, 7) is 4.79. The Morgan fingerprint density at radius 3 is 1.29 bits per heavy atom. The highest BCUT2D eigenvalue weighted by Gasteiger charge is 2.88. The van der Waals surface area contributed by atoms with Crippen molar-refractivity contribution >= 4 is 23.6 Å². The first-order valence-electron chi connectivity index (χ1n) is 15.3. The Balaban J connectivity index is 1.19. The summed E-state index contributed by atoms with van der Waals surface area (Å²) in [6.07, 6.45) is 4.59. The molecule has 8 heteroatoms. The number of carbonyl (C=O) groups excluding carboxylic acids is 4. The van der Waals surface area contributed by atoms with E-state index in [0.717, 1.165) is 25.7 Å². The number of ether oxygens (including phenoxy) is 2. The molecule has 4 amide bonds. The van der Waals surface area contributed by atoms with E-state index in [1.807, 2.05) is 0 Å². The predicted molar refractivity (Wildman–Crippen MR) is 129 cm³/mol. The van der Waals surface area contributed by atoms with E-state index in [2.05, 4.69) is 13.8 Å². The largest absolute Gasteiger partial charge is 0.354 e. The van der Waals surface area contributed by atoms with Gasteiger partial charge in [-0.2, -0.15) is 0 Å². The van der Waals surface area contributed by atoms with E-state index < -0.39 is 12.5 Å². The SMILES string of the molecule is C[C@]12[C@H]3[C@@H]4[C@@H]5[C@@H]6[C@@H]7[C@@H](CC[C@@H]7O[C@H](N7C(=O)CCC7=O)[C@@]6(C)[C@@H]4[C@@H]4CC[C@H](O[C@@H]1N1C(=O)CCC1=O)[C@@H]43)[C@H]52. The number of imide groups is 2. The van der Waals surface area contributed by atoms with Crippen LogP contribution in [-0.2, 0) is 28.7 Å². The van der Waals surface area contributed by atoms with Gasteiger partial charge in [0.25, 0.3) is 0 Å². The summed E-state index contributed by atoms with van der Waals surface area (Å²) in [7, 11) is 0. The van der Waals surface area contributed by atoms with Crippen molar-refractivity contribution in [2.45, 2.75) is 89.9 Å². The Morgan fingerprint density at radius 1 is 0.553 bits per heavy atom. The molecule has 0 unspecified atom stereocenters.